The van der Waals surface area contributed by atoms with Crippen molar-refractivity contribution in [3.05, 3.63) is 101 Å². The highest BCUT2D eigenvalue weighted by atomic mass is 16.5. The zero-order chi connectivity index (χ0) is 23.0. The van der Waals surface area contributed by atoms with Crippen molar-refractivity contribution in [1.29, 1.82) is 5.26 Å². The van der Waals surface area contributed by atoms with E-state index < -0.39 is 0 Å². The number of nitrogens with one attached hydrogen (secondary N) is 1. The first-order valence-corrected chi connectivity index (χ1v) is 10.8. The summed E-state index contributed by atoms with van der Waals surface area (Å²) in [4.78, 5) is 12.4. The third-order valence-corrected chi connectivity index (χ3v) is 5.21. The second-order valence-corrected chi connectivity index (χ2v) is 7.61. The lowest BCUT2D eigenvalue weighted by molar-refractivity contribution is 0.0955. The van der Waals surface area contributed by atoms with Gasteiger partial charge in [0, 0.05) is 34.8 Å². The number of hydrogen-bond acceptors (Lipinski definition) is 4. The molecule has 1 amide bonds. The minimum Gasteiger partial charge on any atom is -0.494 e. The van der Waals surface area contributed by atoms with E-state index >= 15 is 0 Å². The van der Waals surface area contributed by atoms with Crippen LogP contribution in [-0.4, -0.2) is 23.3 Å². The number of carbonyl (C=O) groups excluding carboxylic acids is 1. The molecule has 0 aliphatic heterocycles. The van der Waals surface area contributed by atoms with Crippen LogP contribution in [0.15, 0.2) is 84.1 Å². The van der Waals surface area contributed by atoms with Gasteiger partial charge in [-0.1, -0.05) is 37.3 Å². The number of rotatable bonds is 8. The lowest BCUT2D eigenvalue weighted by Crippen LogP contribution is -2.17. The molecule has 3 aromatic carbocycles. The van der Waals surface area contributed by atoms with Gasteiger partial charge in [-0.05, 0) is 54.4 Å². The number of hydrazone groups is 1. The summed E-state index contributed by atoms with van der Waals surface area (Å²) in [6.45, 7) is 3.36. The molecular weight excluding hydrogens is 412 g/mol. The summed E-state index contributed by atoms with van der Waals surface area (Å²) in [6.07, 6.45) is 4.60. The number of nitrogens with zero attached hydrogens (tertiary/aromatic N) is 3. The van der Waals surface area contributed by atoms with Crippen LogP contribution < -0.4 is 10.2 Å². The Balaban J connectivity index is 1.48. The van der Waals surface area contributed by atoms with E-state index in [0.717, 1.165) is 34.2 Å². The van der Waals surface area contributed by atoms with Gasteiger partial charge in [0.1, 0.15) is 5.75 Å². The van der Waals surface area contributed by atoms with Crippen molar-refractivity contribution in [2.24, 2.45) is 5.10 Å². The maximum absolute atomic E-state index is 12.4. The Morgan fingerprint density at radius 1 is 1.09 bits per heavy atom. The van der Waals surface area contributed by atoms with Crippen LogP contribution in [-0.2, 0) is 6.54 Å². The molecule has 1 N–H and O–H groups in total. The first kappa shape index (κ1) is 21.8. The van der Waals surface area contributed by atoms with Crippen molar-refractivity contribution < 1.29 is 9.53 Å². The fraction of sp³-hybridized carbons (Fsp3) is 0.148. The van der Waals surface area contributed by atoms with Gasteiger partial charge < -0.3 is 9.30 Å². The van der Waals surface area contributed by atoms with Crippen molar-refractivity contribution >= 4 is 23.0 Å². The van der Waals surface area contributed by atoms with Gasteiger partial charge in [0.25, 0.3) is 5.91 Å². The lowest BCUT2D eigenvalue weighted by Gasteiger charge is -2.05. The van der Waals surface area contributed by atoms with Gasteiger partial charge in [-0.3, -0.25) is 4.79 Å². The topological polar surface area (TPSA) is 79.4 Å². The molecule has 0 spiro atoms. The zero-order valence-electron chi connectivity index (χ0n) is 18.4. The number of benzene rings is 3. The smallest absolute Gasteiger partial charge is 0.271 e. The van der Waals surface area contributed by atoms with Crippen LogP contribution in [0.1, 0.15) is 40.4 Å². The summed E-state index contributed by atoms with van der Waals surface area (Å²) < 4.78 is 7.68. The molecule has 0 bridgehead atoms. The van der Waals surface area contributed by atoms with Crippen LogP contribution in [0.4, 0.5) is 0 Å². The highest BCUT2D eigenvalue weighted by Crippen LogP contribution is 2.21. The van der Waals surface area contributed by atoms with Crippen LogP contribution in [0.2, 0.25) is 0 Å². The van der Waals surface area contributed by atoms with E-state index in [1.165, 1.54) is 0 Å². The Kier molecular flexibility index (Phi) is 6.81. The predicted molar refractivity (Wildman–Crippen MR) is 129 cm³/mol. The molecule has 0 radical (unpaired) electrons. The van der Waals surface area contributed by atoms with Crippen LogP contribution in [0.25, 0.3) is 10.9 Å². The molecule has 6 nitrogen and oxygen atoms in total. The summed E-state index contributed by atoms with van der Waals surface area (Å²) in [6, 6.07) is 24.8. The van der Waals surface area contributed by atoms with Crippen molar-refractivity contribution in [2.75, 3.05) is 6.61 Å². The Hall–Kier alpha value is -4.37. The molecule has 1 aromatic heterocycles. The molecule has 33 heavy (non-hydrogen) atoms. The van der Waals surface area contributed by atoms with Gasteiger partial charge in [0.05, 0.1) is 24.5 Å². The standard InChI is InChI=1S/C27H24N4O2/c1-2-15-33-24-13-11-22(12-14-24)27(32)30-29-17-23-19-31(26-6-4-3-5-25(23)26)18-21-9-7-20(16-28)8-10-21/h3-14,17,19H,2,15,18H2,1H3,(H,30,32)/b29-17-. The Morgan fingerprint density at radius 3 is 2.58 bits per heavy atom. The van der Waals surface area contributed by atoms with Crippen molar-refractivity contribution in [1.82, 2.24) is 9.99 Å². The van der Waals surface area contributed by atoms with E-state index in [1.54, 1.807) is 30.5 Å². The number of nitriles is 1. The maximum Gasteiger partial charge on any atom is 0.271 e. The second-order valence-electron chi connectivity index (χ2n) is 7.61. The number of hydrogen-bond donors (Lipinski definition) is 1. The Labute approximate surface area is 192 Å². The van der Waals surface area contributed by atoms with Crippen LogP contribution >= 0.6 is 0 Å². The summed E-state index contributed by atoms with van der Waals surface area (Å²) in [5, 5.41) is 14.2. The summed E-state index contributed by atoms with van der Waals surface area (Å²) in [5.74, 6) is 0.460. The molecule has 0 saturated heterocycles. The summed E-state index contributed by atoms with van der Waals surface area (Å²) in [5.41, 5.74) is 6.82. The maximum atomic E-state index is 12.4. The van der Waals surface area contributed by atoms with E-state index in [9.17, 15) is 4.79 Å². The molecule has 0 saturated carbocycles. The van der Waals surface area contributed by atoms with Gasteiger partial charge >= 0.3 is 0 Å². The van der Waals surface area contributed by atoms with E-state index in [-0.39, 0.29) is 5.91 Å². The molecule has 4 aromatic rings. The molecular formula is C27H24N4O2. The Bertz CT molecular complexity index is 1310. The molecule has 0 aliphatic rings. The lowest BCUT2D eigenvalue weighted by atomic mass is 10.1. The molecule has 164 valence electrons. The number of ether oxygens (including phenoxy) is 1. The predicted octanol–water partition coefficient (Wildman–Crippen LogP) is 5.11. The quantitative estimate of drug-likeness (QED) is 0.308. The average molecular weight is 437 g/mol. The van der Waals surface area contributed by atoms with Gasteiger partial charge in [0.2, 0.25) is 0 Å². The summed E-state index contributed by atoms with van der Waals surface area (Å²) in [7, 11) is 0. The van der Waals surface area contributed by atoms with Crippen molar-refractivity contribution in [2.45, 2.75) is 19.9 Å². The second kappa shape index (κ2) is 10.3. The van der Waals surface area contributed by atoms with Crippen molar-refractivity contribution in [3.63, 3.8) is 0 Å². The SMILES string of the molecule is CCCOc1ccc(C(=O)N/N=C\c2cn(Cc3ccc(C#N)cc3)c3ccccc23)cc1. The fourth-order valence-electron chi connectivity index (χ4n) is 3.54. The third-order valence-electron chi connectivity index (χ3n) is 5.21. The first-order chi connectivity index (χ1) is 16.2. The van der Waals surface area contributed by atoms with Crippen molar-refractivity contribution in [3.8, 4) is 11.8 Å². The monoisotopic (exact) mass is 436 g/mol. The molecule has 0 unspecified atom stereocenters. The minimum absolute atomic E-state index is 0.283. The van der Waals surface area contributed by atoms with Gasteiger partial charge in [-0.2, -0.15) is 10.4 Å². The molecule has 0 atom stereocenters. The van der Waals surface area contributed by atoms with E-state index in [0.29, 0.717) is 24.3 Å². The van der Waals surface area contributed by atoms with Crippen LogP contribution in [0.5, 0.6) is 5.75 Å². The first-order valence-electron chi connectivity index (χ1n) is 10.8. The van der Waals surface area contributed by atoms with Gasteiger partial charge in [-0.25, -0.2) is 5.43 Å². The molecule has 0 fully saturated rings. The number of para-hydroxylation sites is 1. The van der Waals surface area contributed by atoms with Crippen LogP contribution in [0, 0.1) is 11.3 Å². The number of aromatic nitrogens is 1. The summed E-state index contributed by atoms with van der Waals surface area (Å²) >= 11 is 0. The van der Waals surface area contributed by atoms with Gasteiger partial charge in [0.15, 0.2) is 0 Å². The average Bonchev–Trinajstić information content (AvgIpc) is 3.20. The van der Waals surface area contributed by atoms with E-state index in [2.05, 4.69) is 27.2 Å². The normalized spacial score (nSPS) is 10.9. The van der Waals surface area contributed by atoms with E-state index in [4.69, 9.17) is 10.00 Å². The molecule has 0 aliphatic carbocycles. The van der Waals surface area contributed by atoms with Gasteiger partial charge in [-0.15, -0.1) is 0 Å². The largest absolute Gasteiger partial charge is 0.494 e. The number of amides is 1. The molecule has 4 rings (SSSR count). The molecule has 6 heteroatoms. The van der Waals surface area contributed by atoms with E-state index in [1.807, 2.05) is 55.6 Å². The minimum atomic E-state index is -0.283. The number of fused-ring (bicyclic) bond motifs is 1. The Morgan fingerprint density at radius 2 is 1.85 bits per heavy atom. The zero-order valence-corrected chi connectivity index (χ0v) is 18.4. The number of carbonyl (C=O) groups is 1. The third kappa shape index (κ3) is 5.28. The molecule has 1 heterocycles. The van der Waals surface area contributed by atoms with Crippen LogP contribution in [0.3, 0.4) is 0 Å². The fourth-order valence-corrected chi connectivity index (χ4v) is 3.54. The highest BCUT2D eigenvalue weighted by molar-refractivity contribution is 6.00. The highest BCUT2D eigenvalue weighted by Gasteiger charge is 2.08.